The van der Waals surface area contributed by atoms with Crippen LogP contribution in [-0.4, -0.2) is 29.1 Å². The summed E-state index contributed by atoms with van der Waals surface area (Å²) in [4.78, 5) is 12.8. The summed E-state index contributed by atoms with van der Waals surface area (Å²) in [6, 6.07) is 8.75. The Morgan fingerprint density at radius 3 is 2.94 bits per heavy atom. The molecule has 0 heterocycles. The van der Waals surface area contributed by atoms with Crippen LogP contribution in [-0.2, 0) is 11.3 Å². The standard InChI is InChI=1S/C14H17NO2/c1-15(13-6-7-13)10-12-4-2-3-11(9-12)5-8-14(16)17/h2-5,8-9,13H,6-7,10H2,1H3,(H,16,17). The van der Waals surface area contributed by atoms with Gasteiger partial charge < -0.3 is 5.11 Å². The van der Waals surface area contributed by atoms with Crippen molar-refractivity contribution in [1.82, 2.24) is 4.90 Å². The summed E-state index contributed by atoms with van der Waals surface area (Å²) in [6.07, 6.45) is 5.40. The molecule has 0 bridgehead atoms. The van der Waals surface area contributed by atoms with E-state index in [1.165, 1.54) is 24.5 Å². The molecule has 0 unspecified atom stereocenters. The molecule has 0 aromatic heterocycles. The summed E-state index contributed by atoms with van der Waals surface area (Å²) in [5.41, 5.74) is 2.17. The predicted molar refractivity (Wildman–Crippen MR) is 67.6 cm³/mol. The highest BCUT2D eigenvalue weighted by Gasteiger charge is 2.25. The number of hydrogen-bond acceptors (Lipinski definition) is 2. The highest BCUT2D eigenvalue weighted by Crippen LogP contribution is 2.26. The molecule has 3 heteroatoms. The van der Waals surface area contributed by atoms with Crippen LogP contribution in [0.15, 0.2) is 30.3 Å². The van der Waals surface area contributed by atoms with Gasteiger partial charge in [0.1, 0.15) is 0 Å². The third-order valence-corrected chi connectivity index (χ3v) is 2.97. The lowest BCUT2D eigenvalue weighted by Gasteiger charge is -2.15. The number of aliphatic carboxylic acids is 1. The molecule has 0 atom stereocenters. The van der Waals surface area contributed by atoms with Crippen LogP contribution in [0.2, 0.25) is 0 Å². The van der Waals surface area contributed by atoms with Crippen molar-refractivity contribution < 1.29 is 9.90 Å². The monoisotopic (exact) mass is 231 g/mol. The van der Waals surface area contributed by atoms with Crippen LogP contribution in [0.25, 0.3) is 6.08 Å². The molecule has 90 valence electrons. The fraction of sp³-hybridized carbons (Fsp3) is 0.357. The van der Waals surface area contributed by atoms with Gasteiger partial charge in [0.25, 0.3) is 0 Å². The van der Waals surface area contributed by atoms with Gasteiger partial charge in [-0.2, -0.15) is 0 Å². The van der Waals surface area contributed by atoms with Gasteiger partial charge >= 0.3 is 5.97 Å². The summed E-state index contributed by atoms with van der Waals surface area (Å²) in [5, 5.41) is 8.58. The van der Waals surface area contributed by atoms with Crippen molar-refractivity contribution in [3.63, 3.8) is 0 Å². The smallest absolute Gasteiger partial charge is 0.328 e. The van der Waals surface area contributed by atoms with Crippen LogP contribution in [0.5, 0.6) is 0 Å². The molecule has 0 saturated heterocycles. The number of carbonyl (C=O) groups is 1. The van der Waals surface area contributed by atoms with Crippen molar-refractivity contribution in [1.29, 1.82) is 0 Å². The van der Waals surface area contributed by atoms with Gasteiger partial charge in [-0.3, -0.25) is 4.90 Å². The first-order chi connectivity index (χ1) is 8.15. The number of carboxylic acids is 1. The van der Waals surface area contributed by atoms with Crippen LogP contribution in [0.1, 0.15) is 24.0 Å². The third-order valence-electron chi connectivity index (χ3n) is 2.97. The highest BCUT2D eigenvalue weighted by atomic mass is 16.4. The molecule has 1 aliphatic rings. The van der Waals surface area contributed by atoms with E-state index in [1.54, 1.807) is 6.08 Å². The minimum absolute atomic E-state index is 0.744. The minimum Gasteiger partial charge on any atom is -0.478 e. The first-order valence-electron chi connectivity index (χ1n) is 5.85. The Labute approximate surface area is 101 Å². The molecule has 0 spiro atoms. The van der Waals surface area contributed by atoms with Crippen LogP contribution in [0.4, 0.5) is 0 Å². The van der Waals surface area contributed by atoms with Crippen LogP contribution < -0.4 is 0 Å². The molecule has 1 fully saturated rings. The Hall–Kier alpha value is -1.61. The van der Waals surface area contributed by atoms with Crippen LogP contribution >= 0.6 is 0 Å². The van der Waals surface area contributed by atoms with E-state index >= 15 is 0 Å². The second-order valence-corrected chi connectivity index (χ2v) is 4.56. The van der Waals surface area contributed by atoms with Crippen molar-refractivity contribution in [2.75, 3.05) is 7.05 Å². The fourth-order valence-corrected chi connectivity index (χ4v) is 1.90. The van der Waals surface area contributed by atoms with E-state index in [2.05, 4.69) is 18.0 Å². The van der Waals surface area contributed by atoms with E-state index in [1.807, 2.05) is 18.2 Å². The average Bonchev–Trinajstić information content (AvgIpc) is 3.10. The Morgan fingerprint density at radius 2 is 2.29 bits per heavy atom. The van der Waals surface area contributed by atoms with Gasteiger partial charge in [0.05, 0.1) is 0 Å². The lowest BCUT2D eigenvalue weighted by Crippen LogP contribution is -2.19. The van der Waals surface area contributed by atoms with Crippen molar-refractivity contribution in [3.8, 4) is 0 Å². The highest BCUT2D eigenvalue weighted by molar-refractivity contribution is 5.85. The Kier molecular flexibility index (Phi) is 3.59. The molecule has 1 aromatic carbocycles. The van der Waals surface area contributed by atoms with Crippen LogP contribution in [0.3, 0.4) is 0 Å². The molecule has 0 amide bonds. The molecule has 1 aliphatic carbocycles. The molecule has 3 nitrogen and oxygen atoms in total. The van der Waals surface area contributed by atoms with E-state index in [4.69, 9.17) is 5.11 Å². The first-order valence-corrected chi connectivity index (χ1v) is 5.85. The summed E-state index contributed by atoms with van der Waals surface area (Å²) >= 11 is 0. The van der Waals surface area contributed by atoms with Gasteiger partial charge in [0.15, 0.2) is 0 Å². The number of hydrogen-bond donors (Lipinski definition) is 1. The van der Waals surface area contributed by atoms with Crippen molar-refractivity contribution in [2.45, 2.75) is 25.4 Å². The summed E-state index contributed by atoms with van der Waals surface area (Å²) in [6.45, 7) is 0.930. The van der Waals surface area contributed by atoms with Crippen LogP contribution in [0, 0.1) is 0 Å². The van der Waals surface area contributed by atoms with E-state index in [-0.39, 0.29) is 0 Å². The predicted octanol–water partition coefficient (Wildman–Crippen LogP) is 2.38. The van der Waals surface area contributed by atoms with Crippen molar-refractivity contribution in [3.05, 3.63) is 41.5 Å². The molecule has 0 radical (unpaired) electrons. The molecule has 2 rings (SSSR count). The van der Waals surface area contributed by atoms with Crippen molar-refractivity contribution >= 4 is 12.0 Å². The molecular formula is C14H17NO2. The van der Waals surface area contributed by atoms with E-state index < -0.39 is 5.97 Å². The second-order valence-electron chi connectivity index (χ2n) is 4.56. The first kappa shape index (κ1) is 11.9. The van der Waals surface area contributed by atoms with E-state index in [9.17, 15) is 4.79 Å². The summed E-state index contributed by atoms with van der Waals surface area (Å²) in [7, 11) is 2.14. The van der Waals surface area contributed by atoms with Gasteiger partial charge in [-0.15, -0.1) is 0 Å². The zero-order valence-corrected chi connectivity index (χ0v) is 9.97. The SMILES string of the molecule is CN(Cc1cccc(C=CC(=O)O)c1)C1CC1. The Morgan fingerprint density at radius 1 is 1.53 bits per heavy atom. The van der Waals surface area contributed by atoms with Gasteiger partial charge in [-0.1, -0.05) is 24.3 Å². The van der Waals surface area contributed by atoms with Gasteiger partial charge in [-0.05, 0) is 37.1 Å². The fourth-order valence-electron chi connectivity index (χ4n) is 1.90. The number of benzene rings is 1. The zero-order valence-electron chi connectivity index (χ0n) is 9.97. The molecular weight excluding hydrogens is 214 g/mol. The lowest BCUT2D eigenvalue weighted by atomic mass is 10.1. The number of nitrogens with zero attached hydrogens (tertiary/aromatic N) is 1. The average molecular weight is 231 g/mol. The largest absolute Gasteiger partial charge is 0.478 e. The quantitative estimate of drug-likeness (QED) is 0.791. The van der Waals surface area contributed by atoms with E-state index in [0.29, 0.717) is 0 Å². The normalized spacial score (nSPS) is 15.6. The molecule has 0 aliphatic heterocycles. The topological polar surface area (TPSA) is 40.5 Å². The third kappa shape index (κ3) is 3.71. The maximum atomic E-state index is 10.4. The number of carboxylic acid groups (broad SMARTS) is 1. The van der Waals surface area contributed by atoms with Gasteiger partial charge in [-0.25, -0.2) is 4.79 Å². The molecule has 1 N–H and O–H groups in total. The maximum Gasteiger partial charge on any atom is 0.328 e. The van der Waals surface area contributed by atoms with Gasteiger partial charge in [0.2, 0.25) is 0 Å². The van der Waals surface area contributed by atoms with Crippen molar-refractivity contribution in [2.24, 2.45) is 0 Å². The minimum atomic E-state index is -0.912. The van der Waals surface area contributed by atoms with E-state index in [0.717, 1.165) is 18.2 Å². The molecule has 1 aromatic rings. The Balaban J connectivity index is 2.02. The second kappa shape index (κ2) is 5.15. The number of rotatable bonds is 5. The Bertz CT molecular complexity index is 436. The lowest BCUT2D eigenvalue weighted by molar-refractivity contribution is -0.131. The molecule has 17 heavy (non-hydrogen) atoms. The zero-order chi connectivity index (χ0) is 12.3. The maximum absolute atomic E-state index is 10.4. The van der Waals surface area contributed by atoms with Gasteiger partial charge in [0, 0.05) is 18.7 Å². The molecule has 1 saturated carbocycles. The summed E-state index contributed by atoms with van der Waals surface area (Å²) < 4.78 is 0. The summed E-state index contributed by atoms with van der Waals surface area (Å²) in [5.74, 6) is -0.912.